The van der Waals surface area contributed by atoms with Crippen LogP contribution in [-0.4, -0.2) is 29.4 Å². The van der Waals surface area contributed by atoms with E-state index in [4.69, 9.17) is 0 Å². The minimum Gasteiger partial charge on any atom is -0.262 e. The molecule has 0 atom stereocenters. The van der Waals surface area contributed by atoms with Crippen LogP contribution in [0.4, 0.5) is 0 Å². The van der Waals surface area contributed by atoms with E-state index >= 15 is 0 Å². The maximum atomic E-state index is 11.4. The van der Waals surface area contributed by atoms with E-state index in [1.807, 2.05) is 30.3 Å². The van der Waals surface area contributed by atoms with Gasteiger partial charge in [0.15, 0.2) is 11.3 Å². The molecule has 0 aliphatic rings. The summed E-state index contributed by atoms with van der Waals surface area (Å²) in [5.74, 6) is 0. The number of aromatic amines is 1. The van der Waals surface area contributed by atoms with Gasteiger partial charge in [0.25, 0.3) is 0 Å². The summed E-state index contributed by atoms with van der Waals surface area (Å²) < 4.78 is 2.95. The molecule has 1 aromatic carbocycles. The van der Waals surface area contributed by atoms with E-state index in [0.717, 1.165) is 5.69 Å². The van der Waals surface area contributed by atoms with Crippen molar-refractivity contribution in [3.63, 3.8) is 0 Å². The molecule has 0 saturated heterocycles. The van der Waals surface area contributed by atoms with Crippen molar-refractivity contribution in [1.29, 1.82) is 0 Å². The van der Waals surface area contributed by atoms with Crippen molar-refractivity contribution in [3.8, 4) is 5.69 Å². The van der Waals surface area contributed by atoms with Crippen molar-refractivity contribution in [2.45, 2.75) is 0 Å². The molecule has 8 nitrogen and oxygen atoms in total. The number of nitrogens with one attached hydrogen (secondary N) is 1. The number of H-pyrrole nitrogens is 1. The molecule has 8 heteroatoms. The number of benzene rings is 1. The molecule has 0 unspecified atom stereocenters. The molecule has 3 heterocycles. The Morgan fingerprint density at radius 3 is 2.67 bits per heavy atom. The number of hydrogen-bond donors (Lipinski definition) is 1. The smallest absolute Gasteiger partial charge is 0.262 e. The zero-order chi connectivity index (χ0) is 14.4. The SMILES string of the molecule is O=c1nc2c3cnn(-c4ccccc4)c3ncn2[nH]c1=O. The van der Waals surface area contributed by atoms with Gasteiger partial charge in [0.05, 0.1) is 17.3 Å². The minimum atomic E-state index is -0.838. The summed E-state index contributed by atoms with van der Waals surface area (Å²) in [6, 6.07) is 9.48. The number of rotatable bonds is 1. The molecule has 0 aliphatic heterocycles. The Morgan fingerprint density at radius 2 is 1.86 bits per heavy atom. The van der Waals surface area contributed by atoms with E-state index in [9.17, 15) is 9.59 Å². The molecule has 0 fully saturated rings. The molecule has 0 radical (unpaired) electrons. The van der Waals surface area contributed by atoms with Gasteiger partial charge in [0.1, 0.15) is 6.33 Å². The number of aromatic nitrogens is 6. The molecule has 102 valence electrons. The van der Waals surface area contributed by atoms with Crippen molar-refractivity contribution in [3.05, 3.63) is 63.6 Å². The van der Waals surface area contributed by atoms with Crippen molar-refractivity contribution < 1.29 is 0 Å². The molecule has 0 spiro atoms. The quantitative estimate of drug-likeness (QED) is 0.499. The summed E-state index contributed by atoms with van der Waals surface area (Å²) in [7, 11) is 0. The first kappa shape index (κ1) is 11.5. The molecule has 4 rings (SSSR count). The van der Waals surface area contributed by atoms with Gasteiger partial charge in [-0.05, 0) is 12.1 Å². The number of fused-ring (bicyclic) bond motifs is 3. The molecule has 21 heavy (non-hydrogen) atoms. The van der Waals surface area contributed by atoms with Crippen LogP contribution < -0.4 is 11.1 Å². The molecular formula is C13H8N6O2. The summed E-state index contributed by atoms with van der Waals surface area (Å²) in [5, 5.41) is 7.24. The van der Waals surface area contributed by atoms with Crippen LogP contribution in [0.25, 0.3) is 22.4 Å². The van der Waals surface area contributed by atoms with Crippen LogP contribution in [0.3, 0.4) is 0 Å². The molecule has 0 bridgehead atoms. The Kier molecular flexibility index (Phi) is 2.25. The summed E-state index contributed by atoms with van der Waals surface area (Å²) in [6.45, 7) is 0. The van der Waals surface area contributed by atoms with Crippen molar-refractivity contribution in [1.82, 2.24) is 29.4 Å². The standard InChI is InChI=1S/C13H8N6O2/c20-12-13(21)17-18-7-14-10-9(11(18)16-12)6-15-19(10)8-4-2-1-3-5-8/h1-7H,(H,17,21). The first-order chi connectivity index (χ1) is 10.2. The maximum absolute atomic E-state index is 11.4. The first-order valence-electron chi connectivity index (χ1n) is 6.15. The Morgan fingerprint density at radius 1 is 1.05 bits per heavy atom. The lowest BCUT2D eigenvalue weighted by atomic mass is 10.3. The number of nitrogens with zero attached hydrogens (tertiary/aromatic N) is 5. The molecule has 3 aromatic heterocycles. The largest absolute Gasteiger partial charge is 0.338 e. The summed E-state index contributed by atoms with van der Waals surface area (Å²) in [4.78, 5) is 30.8. The summed E-state index contributed by atoms with van der Waals surface area (Å²) >= 11 is 0. The van der Waals surface area contributed by atoms with Crippen molar-refractivity contribution in [2.24, 2.45) is 0 Å². The summed E-state index contributed by atoms with van der Waals surface area (Å²) in [5.41, 5.74) is 0.0853. The van der Waals surface area contributed by atoms with Gasteiger partial charge >= 0.3 is 11.1 Å². The third-order valence-electron chi connectivity index (χ3n) is 3.13. The average Bonchev–Trinajstić information content (AvgIpc) is 2.94. The number of para-hydroxylation sites is 1. The van der Waals surface area contributed by atoms with Crippen molar-refractivity contribution in [2.75, 3.05) is 0 Å². The topological polar surface area (TPSA) is 97.9 Å². The van der Waals surface area contributed by atoms with Crippen LogP contribution >= 0.6 is 0 Å². The minimum absolute atomic E-state index is 0.312. The molecule has 0 amide bonds. The lowest BCUT2D eigenvalue weighted by Gasteiger charge is -2.03. The van der Waals surface area contributed by atoms with Gasteiger partial charge in [-0.3, -0.25) is 14.7 Å². The predicted molar refractivity (Wildman–Crippen MR) is 74.5 cm³/mol. The second-order valence-electron chi connectivity index (χ2n) is 4.43. The Balaban J connectivity index is 2.11. The fourth-order valence-corrected chi connectivity index (χ4v) is 2.18. The lowest BCUT2D eigenvalue weighted by Crippen LogP contribution is -2.32. The van der Waals surface area contributed by atoms with E-state index in [0.29, 0.717) is 16.7 Å². The second-order valence-corrected chi connectivity index (χ2v) is 4.43. The average molecular weight is 280 g/mol. The molecule has 4 aromatic rings. The Bertz CT molecular complexity index is 1080. The van der Waals surface area contributed by atoms with Gasteiger partial charge in [-0.15, -0.1) is 0 Å². The van der Waals surface area contributed by atoms with Crippen LogP contribution in [0, 0.1) is 0 Å². The van der Waals surface area contributed by atoms with Crippen molar-refractivity contribution >= 4 is 16.7 Å². The summed E-state index contributed by atoms with van der Waals surface area (Å²) in [6.07, 6.45) is 2.96. The highest BCUT2D eigenvalue weighted by molar-refractivity contribution is 5.88. The van der Waals surface area contributed by atoms with Gasteiger partial charge in [-0.2, -0.15) is 10.1 Å². The van der Waals surface area contributed by atoms with E-state index in [1.54, 1.807) is 10.9 Å². The zero-order valence-electron chi connectivity index (χ0n) is 10.6. The number of hydrogen-bond acceptors (Lipinski definition) is 5. The Labute approximate surface area is 116 Å². The van der Waals surface area contributed by atoms with Gasteiger partial charge in [0.2, 0.25) is 0 Å². The predicted octanol–water partition coefficient (Wildman–Crippen LogP) is 0.117. The van der Waals surface area contributed by atoms with Crippen LogP contribution in [0.5, 0.6) is 0 Å². The first-order valence-corrected chi connectivity index (χ1v) is 6.15. The van der Waals surface area contributed by atoms with E-state index in [-0.39, 0.29) is 0 Å². The highest BCUT2D eigenvalue weighted by atomic mass is 16.2. The van der Waals surface area contributed by atoms with E-state index in [2.05, 4.69) is 20.2 Å². The zero-order valence-corrected chi connectivity index (χ0v) is 10.6. The van der Waals surface area contributed by atoms with E-state index < -0.39 is 11.1 Å². The third-order valence-corrected chi connectivity index (χ3v) is 3.13. The fourth-order valence-electron chi connectivity index (χ4n) is 2.18. The van der Waals surface area contributed by atoms with Crippen LogP contribution in [0.15, 0.2) is 52.4 Å². The third kappa shape index (κ3) is 1.66. The van der Waals surface area contributed by atoms with Crippen LogP contribution in [0.2, 0.25) is 0 Å². The molecular weight excluding hydrogens is 272 g/mol. The second kappa shape index (κ2) is 4.10. The normalized spacial score (nSPS) is 11.2. The van der Waals surface area contributed by atoms with Gasteiger partial charge in [-0.1, -0.05) is 18.2 Å². The van der Waals surface area contributed by atoms with Gasteiger partial charge in [-0.25, -0.2) is 14.2 Å². The highest BCUT2D eigenvalue weighted by Gasteiger charge is 2.11. The van der Waals surface area contributed by atoms with E-state index in [1.165, 1.54) is 10.8 Å². The highest BCUT2D eigenvalue weighted by Crippen LogP contribution is 2.17. The lowest BCUT2D eigenvalue weighted by molar-refractivity contribution is 0.827. The van der Waals surface area contributed by atoms with Gasteiger partial charge in [0, 0.05) is 0 Å². The fraction of sp³-hybridized carbons (Fsp3) is 0. The van der Waals surface area contributed by atoms with Crippen LogP contribution in [-0.2, 0) is 0 Å². The molecule has 1 N–H and O–H groups in total. The maximum Gasteiger partial charge on any atom is 0.338 e. The Hall–Kier alpha value is -3.29. The van der Waals surface area contributed by atoms with Gasteiger partial charge < -0.3 is 0 Å². The molecule has 0 saturated carbocycles. The van der Waals surface area contributed by atoms with Crippen LogP contribution in [0.1, 0.15) is 0 Å². The monoisotopic (exact) mass is 280 g/mol. The molecule has 0 aliphatic carbocycles.